The molecule has 0 aliphatic heterocycles. The van der Waals surface area contributed by atoms with E-state index in [0.29, 0.717) is 0 Å². The molecule has 0 aliphatic carbocycles. The van der Waals surface area contributed by atoms with E-state index in [-0.39, 0.29) is 5.91 Å². The molecule has 0 fully saturated rings. The number of amides is 1. The van der Waals surface area contributed by atoms with Crippen LogP contribution in [-0.2, 0) is 10.5 Å². The van der Waals surface area contributed by atoms with Crippen molar-refractivity contribution < 1.29 is 4.79 Å². The first-order chi connectivity index (χ1) is 8.17. The van der Waals surface area contributed by atoms with Gasteiger partial charge in [-0.15, -0.1) is 0 Å². The lowest BCUT2D eigenvalue weighted by Gasteiger charge is -2.11. The zero-order chi connectivity index (χ0) is 12.7. The van der Waals surface area contributed by atoms with E-state index in [4.69, 9.17) is 5.73 Å². The predicted octanol–water partition coefficient (Wildman–Crippen LogP) is 2.62. The SMILES string of the molecule is CCCC(N)C(=O)Nc1ccc(CSC)cc1. The summed E-state index contributed by atoms with van der Waals surface area (Å²) in [5.74, 6) is 0.883. The van der Waals surface area contributed by atoms with E-state index in [9.17, 15) is 4.79 Å². The highest BCUT2D eigenvalue weighted by Gasteiger charge is 2.11. The molecule has 3 N–H and O–H groups in total. The van der Waals surface area contributed by atoms with Gasteiger partial charge < -0.3 is 11.1 Å². The molecule has 1 aromatic carbocycles. The molecule has 17 heavy (non-hydrogen) atoms. The Balaban J connectivity index is 2.53. The third-order valence-corrected chi connectivity index (χ3v) is 3.09. The number of nitrogens with one attached hydrogen (secondary N) is 1. The number of carbonyl (C=O) groups excluding carboxylic acids is 1. The molecule has 1 rings (SSSR count). The van der Waals surface area contributed by atoms with E-state index in [1.165, 1.54) is 5.56 Å². The maximum absolute atomic E-state index is 11.7. The van der Waals surface area contributed by atoms with E-state index >= 15 is 0 Å². The van der Waals surface area contributed by atoms with Crippen molar-refractivity contribution in [1.29, 1.82) is 0 Å². The van der Waals surface area contributed by atoms with Crippen molar-refractivity contribution >= 4 is 23.4 Å². The molecule has 4 heteroatoms. The second-order valence-corrected chi connectivity index (χ2v) is 4.88. The molecule has 0 saturated carbocycles. The summed E-state index contributed by atoms with van der Waals surface area (Å²) in [5.41, 5.74) is 7.81. The van der Waals surface area contributed by atoms with Crippen molar-refractivity contribution in [3.63, 3.8) is 0 Å². The minimum atomic E-state index is -0.411. The Morgan fingerprint density at radius 3 is 2.59 bits per heavy atom. The number of hydrogen-bond donors (Lipinski definition) is 2. The van der Waals surface area contributed by atoms with E-state index in [0.717, 1.165) is 24.3 Å². The normalized spacial score (nSPS) is 12.2. The quantitative estimate of drug-likeness (QED) is 0.818. The number of benzene rings is 1. The Hall–Kier alpha value is -1.00. The summed E-state index contributed by atoms with van der Waals surface area (Å²) in [4.78, 5) is 11.7. The Morgan fingerprint density at radius 2 is 2.06 bits per heavy atom. The van der Waals surface area contributed by atoms with Crippen LogP contribution in [0.2, 0.25) is 0 Å². The van der Waals surface area contributed by atoms with Crippen molar-refractivity contribution in [2.24, 2.45) is 5.73 Å². The van der Waals surface area contributed by atoms with Gasteiger partial charge in [-0.3, -0.25) is 4.79 Å². The molecule has 3 nitrogen and oxygen atoms in total. The van der Waals surface area contributed by atoms with Crippen molar-refractivity contribution in [3.8, 4) is 0 Å². The molecule has 1 amide bonds. The number of anilines is 1. The van der Waals surface area contributed by atoms with E-state index in [1.54, 1.807) is 11.8 Å². The number of rotatable bonds is 6. The third-order valence-electron chi connectivity index (χ3n) is 2.47. The van der Waals surface area contributed by atoms with E-state index < -0.39 is 6.04 Å². The van der Waals surface area contributed by atoms with Crippen LogP contribution >= 0.6 is 11.8 Å². The van der Waals surface area contributed by atoms with Gasteiger partial charge in [0, 0.05) is 11.4 Å². The van der Waals surface area contributed by atoms with Gasteiger partial charge in [0.25, 0.3) is 0 Å². The lowest BCUT2D eigenvalue weighted by atomic mass is 10.1. The highest BCUT2D eigenvalue weighted by Crippen LogP contribution is 2.14. The van der Waals surface area contributed by atoms with Crippen molar-refractivity contribution in [3.05, 3.63) is 29.8 Å². The zero-order valence-corrected chi connectivity index (χ0v) is 11.2. The van der Waals surface area contributed by atoms with Crippen LogP contribution in [0.3, 0.4) is 0 Å². The number of nitrogens with two attached hydrogens (primary N) is 1. The van der Waals surface area contributed by atoms with Gasteiger partial charge in [-0.1, -0.05) is 25.5 Å². The second kappa shape index (κ2) is 7.35. The van der Waals surface area contributed by atoms with E-state index in [2.05, 4.69) is 11.6 Å². The van der Waals surface area contributed by atoms with Crippen LogP contribution in [0.15, 0.2) is 24.3 Å². The summed E-state index contributed by atoms with van der Waals surface area (Å²) in [5, 5.41) is 2.83. The molecular weight excluding hydrogens is 232 g/mol. The molecule has 94 valence electrons. The Kier molecular flexibility index (Phi) is 6.08. The molecule has 0 heterocycles. The summed E-state index contributed by atoms with van der Waals surface area (Å²) in [6.45, 7) is 2.02. The Morgan fingerprint density at radius 1 is 1.41 bits per heavy atom. The average molecular weight is 252 g/mol. The van der Waals surface area contributed by atoms with Crippen molar-refractivity contribution in [2.45, 2.75) is 31.6 Å². The fourth-order valence-electron chi connectivity index (χ4n) is 1.53. The molecule has 0 bridgehead atoms. The largest absolute Gasteiger partial charge is 0.325 e. The average Bonchev–Trinajstić information content (AvgIpc) is 2.32. The van der Waals surface area contributed by atoms with Crippen LogP contribution in [0.1, 0.15) is 25.3 Å². The van der Waals surface area contributed by atoms with Crippen LogP contribution in [0.5, 0.6) is 0 Å². The highest BCUT2D eigenvalue weighted by atomic mass is 32.2. The molecule has 1 aromatic rings. The van der Waals surface area contributed by atoms with Crippen molar-refractivity contribution in [2.75, 3.05) is 11.6 Å². The fraction of sp³-hybridized carbons (Fsp3) is 0.462. The third kappa shape index (κ3) is 4.79. The molecule has 1 unspecified atom stereocenters. The summed E-state index contributed by atoms with van der Waals surface area (Å²) in [7, 11) is 0. The van der Waals surface area contributed by atoms with Gasteiger partial charge in [0.1, 0.15) is 0 Å². The van der Waals surface area contributed by atoms with Gasteiger partial charge in [-0.25, -0.2) is 0 Å². The summed E-state index contributed by atoms with van der Waals surface area (Å²) in [6, 6.07) is 7.48. The maximum Gasteiger partial charge on any atom is 0.241 e. The fourth-order valence-corrected chi connectivity index (χ4v) is 2.05. The maximum atomic E-state index is 11.7. The lowest BCUT2D eigenvalue weighted by molar-refractivity contribution is -0.117. The monoisotopic (exact) mass is 252 g/mol. The molecule has 0 spiro atoms. The highest BCUT2D eigenvalue weighted by molar-refractivity contribution is 7.97. The summed E-state index contributed by atoms with van der Waals surface area (Å²) >= 11 is 1.78. The molecule has 0 aromatic heterocycles. The second-order valence-electron chi connectivity index (χ2n) is 4.01. The standard InChI is InChI=1S/C13H20N2OS/c1-3-4-12(14)13(16)15-11-7-5-10(6-8-11)9-17-2/h5-8,12H,3-4,9,14H2,1-2H3,(H,15,16). The van der Waals surface area contributed by atoms with Gasteiger partial charge in [0.2, 0.25) is 5.91 Å². The van der Waals surface area contributed by atoms with Gasteiger partial charge >= 0.3 is 0 Å². The van der Waals surface area contributed by atoms with Gasteiger partial charge in [-0.05, 0) is 30.4 Å². The van der Waals surface area contributed by atoms with Gasteiger partial charge in [0.05, 0.1) is 6.04 Å². The first kappa shape index (κ1) is 14.1. The Labute approximate surface area is 107 Å². The zero-order valence-electron chi connectivity index (χ0n) is 10.4. The topological polar surface area (TPSA) is 55.1 Å². The van der Waals surface area contributed by atoms with Gasteiger partial charge in [0.15, 0.2) is 0 Å². The number of thioether (sulfide) groups is 1. The molecule has 0 saturated heterocycles. The van der Waals surface area contributed by atoms with Crippen LogP contribution < -0.4 is 11.1 Å². The Bertz CT molecular complexity index is 351. The molecular formula is C13H20N2OS. The van der Waals surface area contributed by atoms with Crippen molar-refractivity contribution in [1.82, 2.24) is 0 Å². The van der Waals surface area contributed by atoms with Crippen LogP contribution in [-0.4, -0.2) is 18.2 Å². The summed E-state index contributed by atoms with van der Waals surface area (Å²) < 4.78 is 0. The van der Waals surface area contributed by atoms with Crippen LogP contribution in [0.25, 0.3) is 0 Å². The first-order valence-corrected chi connectivity index (χ1v) is 7.21. The smallest absolute Gasteiger partial charge is 0.241 e. The summed E-state index contributed by atoms with van der Waals surface area (Å²) in [6.07, 6.45) is 3.71. The first-order valence-electron chi connectivity index (χ1n) is 5.81. The number of carbonyl (C=O) groups is 1. The minimum Gasteiger partial charge on any atom is -0.325 e. The van der Waals surface area contributed by atoms with Crippen LogP contribution in [0, 0.1) is 0 Å². The predicted molar refractivity (Wildman–Crippen MR) is 75.2 cm³/mol. The minimum absolute atomic E-state index is 0.107. The van der Waals surface area contributed by atoms with Crippen LogP contribution in [0.4, 0.5) is 5.69 Å². The molecule has 0 aliphatic rings. The van der Waals surface area contributed by atoms with E-state index in [1.807, 2.05) is 31.2 Å². The lowest BCUT2D eigenvalue weighted by Crippen LogP contribution is -2.35. The number of hydrogen-bond acceptors (Lipinski definition) is 3. The molecule has 1 atom stereocenters. The molecule has 0 radical (unpaired) electrons. The van der Waals surface area contributed by atoms with Gasteiger partial charge in [-0.2, -0.15) is 11.8 Å².